The van der Waals surface area contributed by atoms with Gasteiger partial charge in [0.25, 0.3) is 0 Å². The lowest BCUT2D eigenvalue weighted by Crippen LogP contribution is -1.99. The Labute approximate surface area is 97.4 Å². The van der Waals surface area contributed by atoms with Crippen LogP contribution in [-0.2, 0) is 6.42 Å². The molecule has 0 amide bonds. The molecule has 0 aliphatic heterocycles. The molecule has 0 atom stereocenters. The van der Waals surface area contributed by atoms with Gasteiger partial charge < -0.3 is 5.11 Å². The van der Waals surface area contributed by atoms with E-state index in [1.165, 1.54) is 11.3 Å². The Morgan fingerprint density at radius 2 is 2.06 bits per heavy atom. The monoisotopic (exact) mass is 233 g/mol. The van der Waals surface area contributed by atoms with Gasteiger partial charge in [-0.3, -0.25) is 0 Å². The Bertz CT molecular complexity index is 505. The summed E-state index contributed by atoms with van der Waals surface area (Å²) in [6.07, 6.45) is 0.576. The molecule has 0 aliphatic carbocycles. The van der Waals surface area contributed by atoms with Crippen molar-refractivity contribution >= 4 is 17.3 Å². The van der Waals surface area contributed by atoms with Crippen molar-refractivity contribution in [3.05, 3.63) is 51.5 Å². The van der Waals surface area contributed by atoms with Crippen molar-refractivity contribution in [3.8, 4) is 0 Å². The van der Waals surface area contributed by atoms with Crippen LogP contribution in [0.15, 0.2) is 30.3 Å². The number of thiazole rings is 1. The molecule has 1 N–H and O–H groups in total. The molecular formula is C12H11NO2S. The van der Waals surface area contributed by atoms with Crippen LogP contribution in [0.25, 0.3) is 0 Å². The first kappa shape index (κ1) is 10.8. The van der Waals surface area contributed by atoms with Crippen molar-refractivity contribution in [1.82, 2.24) is 4.98 Å². The number of hydrogen-bond donors (Lipinski definition) is 1. The van der Waals surface area contributed by atoms with Gasteiger partial charge in [0, 0.05) is 6.42 Å². The molecule has 1 aromatic heterocycles. The van der Waals surface area contributed by atoms with Gasteiger partial charge in [-0.15, -0.1) is 11.3 Å². The first-order valence-corrected chi connectivity index (χ1v) is 5.72. The number of hydrogen-bond acceptors (Lipinski definition) is 3. The van der Waals surface area contributed by atoms with Gasteiger partial charge in [-0.25, -0.2) is 9.78 Å². The molecule has 0 saturated heterocycles. The maximum Gasteiger partial charge on any atom is 0.347 e. The summed E-state index contributed by atoms with van der Waals surface area (Å²) < 4.78 is 0. The van der Waals surface area contributed by atoms with E-state index in [0.717, 1.165) is 10.6 Å². The number of aromatic nitrogens is 1. The highest BCUT2D eigenvalue weighted by Crippen LogP contribution is 2.20. The molecule has 0 fully saturated rings. The fourth-order valence-corrected chi connectivity index (χ4v) is 2.32. The minimum atomic E-state index is -0.892. The predicted octanol–water partition coefficient (Wildman–Crippen LogP) is 2.74. The molecule has 82 valence electrons. The van der Waals surface area contributed by atoms with Gasteiger partial charge >= 0.3 is 5.97 Å². The zero-order chi connectivity index (χ0) is 11.5. The maximum absolute atomic E-state index is 11.0. The van der Waals surface area contributed by atoms with Crippen LogP contribution >= 0.6 is 11.3 Å². The molecule has 4 heteroatoms. The normalized spacial score (nSPS) is 10.3. The van der Waals surface area contributed by atoms with Crippen LogP contribution in [-0.4, -0.2) is 16.1 Å². The summed E-state index contributed by atoms with van der Waals surface area (Å²) in [5.41, 5.74) is 1.73. The zero-order valence-corrected chi connectivity index (χ0v) is 9.62. The molecule has 0 bridgehead atoms. The largest absolute Gasteiger partial charge is 0.477 e. The number of carboxylic acids is 1. The second-order valence-electron chi connectivity index (χ2n) is 3.48. The summed E-state index contributed by atoms with van der Waals surface area (Å²) >= 11 is 1.23. The number of nitrogens with zero attached hydrogens (tertiary/aromatic N) is 1. The number of rotatable bonds is 3. The highest BCUT2D eigenvalue weighted by molar-refractivity contribution is 7.13. The van der Waals surface area contributed by atoms with Gasteiger partial charge in [0.2, 0.25) is 0 Å². The summed E-state index contributed by atoms with van der Waals surface area (Å²) in [7, 11) is 0. The molecule has 2 aromatic rings. The highest BCUT2D eigenvalue weighted by Gasteiger charge is 2.15. The molecule has 1 heterocycles. The quantitative estimate of drug-likeness (QED) is 0.886. The minimum absolute atomic E-state index is 0.348. The van der Waals surface area contributed by atoms with Gasteiger partial charge in [-0.1, -0.05) is 30.3 Å². The fourth-order valence-electron chi connectivity index (χ4n) is 1.55. The summed E-state index contributed by atoms with van der Waals surface area (Å²) in [6, 6.07) is 9.76. The Kier molecular flexibility index (Phi) is 3.01. The van der Waals surface area contributed by atoms with E-state index in [-0.39, 0.29) is 0 Å². The van der Waals surface area contributed by atoms with Crippen molar-refractivity contribution in [2.75, 3.05) is 0 Å². The Hall–Kier alpha value is -1.68. The number of aryl methyl sites for hydroxylation is 1. The molecule has 0 aliphatic rings. The van der Waals surface area contributed by atoms with Crippen molar-refractivity contribution in [3.63, 3.8) is 0 Å². The third-order valence-electron chi connectivity index (χ3n) is 2.21. The highest BCUT2D eigenvalue weighted by atomic mass is 32.1. The van der Waals surface area contributed by atoms with Crippen LogP contribution in [0.4, 0.5) is 0 Å². The summed E-state index contributed by atoms with van der Waals surface area (Å²) in [5.74, 6) is -0.892. The average molecular weight is 233 g/mol. The minimum Gasteiger partial charge on any atom is -0.477 e. The van der Waals surface area contributed by atoms with E-state index in [4.69, 9.17) is 5.11 Å². The molecule has 3 nitrogen and oxygen atoms in total. The summed E-state index contributed by atoms with van der Waals surface area (Å²) in [4.78, 5) is 15.6. The van der Waals surface area contributed by atoms with Crippen molar-refractivity contribution in [2.24, 2.45) is 0 Å². The fraction of sp³-hybridized carbons (Fsp3) is 0.167. The number of carbonyl (C=O) groups is 1. The number of benzene rings is 1. The van der Waals surface area contributed by atoms with Crippen LogP contribution < -0.4 is 0 Å². The first-order chi connectivity index (χ1) is 7.66. The van der Waals surface area contributed by atoms with Gasteiger partial charge in [0.1, 0.15) is 4.88 Å². The van der Waals surface area contributed by atoms with E-state index in [0.29, 0.717) is 17.0 Å². The van der Waals surface area contributed by atoms with Gasteiger partial charge in [0.05, 0.1) is 10.7 Å². The Morgan fingerprint density at radius 3 is 2.69 bits per heavy atom. The summed E-state index contributed by atoms with van der Waals surface area (Å²) in [6.45, 7) is 1.82. The second kappa shape index (κ2) is 4.45. The molecular weight excluding hydrogens is 222 g/mol. The average Bonchev–Trinajstić information content (AvgIpc) is 2.61. The third-order valence-corrected chi connectivity index (χ3v) is 3.21. The maximum atomic E-state index is 11.0. The molecule has 0 spiro atoms. The van der Waals surface area contributed by atoms with Gasteiger partial charge in [-0.05, 0) is 12.5 Å². The predicted molar refractivity (Wildman–Crippen MR) is 63.1 cm³/mol. The smallest absolute Gasteiger partial charge is 0.347 e. The van der Waals surface area contributed by atoms with Crippen molar-refractivity contribution in [2.45, 2.75) is 13.3 Å². The van der Waals surface area contributed by atoms with Crippen LogP contribution in [0.2, 0.25) is 0 Å². The third kappa shape index (κ3) is 2.28. The van der Waals surface area contributed by atoms with E-state index in [1.54, 1.807) is 0 Å². The van der Waals surface area contributed by atoms with Gasteiger partial charge in [0.15, 0.2) is 0 Å². The van der Waals surface area contributed by atoms with E-state index < -0.39 is 5.97 Å². The molecule has 16 heavy (non-hydrogen) atoms. The lowest BCUT2D eigenvalue weighted by atomic mass is 10.1. The van der Waals surface area contributed by atoms with Crippen molar-refractivity contribution in [1.29, 1.82) is 0 Å². The van der Waals surface area contributed by atoms with Crippen LogP contribution in [0.5, 0.6) is 0 Å². The van der Waals surface area contributed by atoms with Crippen LogP contribution in [0, 0.1) is 6.92 Å². The molecule has 0 radical (unpaired) electrons. The van der Waals surface area contributed by atoms with Crippen LogP contribution in [0.3, 0.4) is 0 Å². The molecule has 2 rings (SSSR count). The summed E-state index contributed by atoms with van der Waals surface area (Å²) in [5, 5.41) is 9.82. The number of aromatic carboxylic acids is 1. The lowest BCUT2D eigenvalue weighted by molar-refractivity contribution is 0.0701. The topological polar surface area (TPSA) is 50.2 Å². The Morgan fingerprint density at radius 1 is 1.38 bits per heavy atom. The van der Waals surface area contributed by atoms with Crippen molar-refractivity contribution < 1.29 is 9.90 Å². The SMILES string of the molecule is Cc1nc(Cc2ccccc2)c(C(=O)O)s1. The Balaban J connectivity index is 2.31. The molecule has 0 unspecified atom stereocenters. The van der Waals surface area contributed by atoms with E-state index in [9.17, 15) is 4.79 Å². The van der Waals surface area contributed by atoms with E-state index in [1.807, 2.05) is 37.3 Å². The zero-order valence-electron chi connectivity index (χ0n) is 8.80. The molecule has 1 aromatic carbocycles. The molecule has 0 saturated carbocycles. The lowest BCUT2D eigenvalue weighted by Gasteiger charge is -1.98. The number of carboxylic acid groups (broad SMARTS) is 1. The van der Waals surface area contributed by atoms with Crippen LogP contribution in [0.1, 0.15) is 25.9 Å². The van der Waals surface area contributed by atoms with E-state index >= 15 is 0 Å². The second-order valence-corrected chi connectivity index (χ2v) is 4.68. The first-order valence-electron chi connectivity index (χ1n) is 4.90. The van der Waals surface area contributed by atoms with Gasteiger partial charge in [-0.2, -0.15) is 0 Å². The van der Waals surface area contributed by atoms with E-state index in [2.05, 4.69) is 4.98 Å². The standard InChI is InChI=1S/C12H11NO2S/c1-8-13-10(11(16-8)12(14)15)7-9-5-3-2-4-6-9/h2-6H,7H2,1H3,(H,14,15).